The number of fused-ring (bicyclic) bond motifs is 1. The van der Waals surface area contributed by atoms with E-state index in [1.54, 1.807) is 11.9 Å². The van der Waals surface area contributed by atoms with Crippen molar-refractivity contribution in [1.29, 1.82) is 0 Å². The van der Waals surface area contributed by atoms with Crippen molar-refractivity contribution >= 4 is 29.0 Å². The van der Waals surface area contributed by atoms with Gasteiger partial charge >= 0.3 is 0 Å². The number of Topliss-reactive ketones (excluding diaryl/α,β-unsaturated/α-hetero) is 1. The average molecular weight is 408 g/mol. The number of amides is 1. The van der Waals surface area contributed by atoms with Crippen LogP contribution in [0.4, 0.5) is 5.69 Å². The summed E-state index contributed by atoms with van der Waals surface area (Å²) in [5.74, 6) is 1.53. The SMILES string of the molecule is C=C(C)C1=NC(C(=O)CCCc2ccc3c(c2)N(C)C(=O)C3)=N/C(=C/C)N1N(C)C. The monoisotopic (exact) mass is 407 g/mol. The first-order chi connectivity index (χ1) is 14.2. The maximum absolute atomic E-state index is 12.8. The fraction of sp³-hybridized carbons (Fsp3) is 0.391. The molecule has 0 N–H and O–H groups in total. The van der Waals surface area contributed by atoms with Gasteiger partial charge in [0.05, 0.1) is 6.42 Å². The van der Waals surface area contributed by atoms with Crippen molar-refractivity contribution in [2.75, 3.05) is 26.0 Å². The maximum Gasteiger partial charge on any atom is 0.231 e. The van der Waals surface area contributed by atoms with Gasteiger partial charge in [-0.1, -0.05) is 18.7 Å². The number of hydrazine groups is 1. The molecule has 0 atom stereocenters. The van der Waals surface area contributed by atoms with Gasteiger partial charge in [-0.2, -0.15) is 0 Å². The lowest BCUT2D eigenvalue weighted by Gasteiger charge is -2.34. The number of amidine groups is 2. The minimum absolute atomic E-state index is 0.0834. The maximum atomic E-state index is 12.8. The Morgan fingerprint density at radius 2 is 2.03 bits per heavy atom. The summed E-state index contributed by atoms with van der Waals surface area (Å²) in [6, 6.07) is 6.10. The molecule has 0 unspecified atom stereocenters. The topological polar surface area (TPSA) is 68.6 Å². The lowest BCUT2D eigenvalue weighted by Crippen LogP contribution is -2.44. The van der Waals surface area contributed by atoms with Crippen LogP contribution in [0.25, 0.3) is 0 Å². The summed E-state index contributed by atoms with van der Waals surface area (Å²) in [7, 11) is 5.59. The van der Waals surface area contributed by atoms with Crippen LogP contribution in [0.2, 0.25) is 0 Å². The number of aryl methyl sites for hydroxylation is 1. The van der Waals surface area contributed by atoms with E-state index in [4.69, 9.17) is 0 Å². The molecule has 7 nitrogen and oxygen atoms in total. The zero-order valence-electron chi connectivity index (χ0n) is 18.4. The quantitative estimate of drug-likeness (QED) is 0.696. The van der Waals surface area contributed by atoms with Crippen LogP contribution in [0.1, 0.15) is 37.8 Å². The van der Waals surface area contributed by atoms with Crippen molar-refractivity contribution in [2.45, 2.75) is 39.5 Å². The van der Waals surface area contributed by atoms with Crippen molar-refractivity contribution in [3.8, 4) is 0 Å². The summed E-state index contributed by atoms with van der Waals surface area (Å²) in [5.41, 5.74) is 3.91. The number of rotatable bonds is 7. The number of hydrogen-bond donors (Lipinski definition) is 0. The smallest absolute Gasteiger partial charge is 0.231 e. The molecule has 30 heavy (non-hydrogen) atoms. The van der Waals surface area contributed by atoms with Crippen LogP contribution >= 0.6 is 0 Å². The van der Waals surface area contributed by atoms with Crippen LogP contribution in [0, 0.1) is 0 Å². The minimum atomic E-state index is -0.0834. The average Bonchev–Trinajstić information content (AvgIpc) is 3.00. The number of likely N-dealkylation sites (N-methyl/N-ethyl adjacent to an activating group) is 1. The van der Waals surface area contributed by atoms with Crippen molar-refractivity contribution in [1.82, 2.24) is 10.0 Å². The predicted octanol–water partition coefficient (Wildman–Crippen LogP) is 3.12. The van der Waals surface area contributed by atoms with Crippen LogP contribution in [-0.2, 0) is 22.4 Å². The van der Waals surface area contributed by atoms with Crippen LogP contribution in [0.5, 0.6) is 0 Å². The summed E-state index contributed by atoms with van der Waals surface area (Å²) in [4.78, 5) is 35.3. The highest BCUT2D eigenvalue weighted by molar-refractivity contribution is 6.41. The Labute approximate surface area is 178 Å². The molecule has 1 aromatic rings. The van der Waals surface area contributed by atoms with E-state index < -0.39 is 0 Å². The first-order valence-electron chi connectivity index (χ1n) is 10.1. The first kappa shape index (κ1) is 21.6. The van der Waals surface area contributed by atoms with Gasteiger partial charge in [-0.15, -0.1) is 0 Å². The number of anilines is 1. The van der Waals surface area contributed by atoms with Gasteiger partial charge in [0, 0.05) is 33.3 Å². The van der Waals surface area contributed by atoms with E-state index in [2.05, 4.69) is 16.6 Å². The molecule has 0 bridgehead atoms. The summed E-state index contributed by atoms with van der Waals surface area (Å²) >= 11 is 0. The van der Waals surface area contributed by atoms with Gasteiger partial charge in [0.1, 0.15) is 5.82 Å². The lowest BCUT2D eigenvalue weighted by atomic mass is 10.0. The predicted molar refractivity (Wildman–Crippen MR) is 120 cm³/mol. The van der Waals surface area contributed by atoms with Crippen molar-refractivity contribution in [3.63, 3.8) is 0 Å². The Hall–Kier alpha value is -3.06. The van der Waals surface area contributed by atoms with E-state index >= 15 is 0 Å². The molecule has 0 saturated heterocycles. The number of allylic oxidation sites excluding steroid dienone is 1. The summed E-state index contributed by atoms with van der Waals surface area (Å²) in [6.07, 6.45) is 4.12. The van der Waals surface area contributed by atoms with E-state index in [0.29, 0.717) is 30.9 Å². The van der Waals surface area contributed by atoms with Gasteiger partial charge < -0.3 is 4.90 Å². The Morgan fingerprint density at radius 3 is 2.67 bits per heavy atom. The van der Waals surface area contributed by atoms with Crippen molar-refractivity contribution in [3.05, 3.63) is 53.4 Å². The molecular formula is C23H29N5O2. The second-order valence-corrected chi connectivity index (χ2v) is 7.83. The molecule has 0 radical (unpaired) electrons. The zero-order chi connectivity index (χ0) is 22.0. The fourth-order valence-electron chi connectivity index (χ4n) is 3.63. The highest BCUT2D eigenvalue weighted by Gasteiger charge is 2.27. The third-order valence-electron chi connectivity index (χ3n) is 5.24. The first-order valence-corrected chi connectivity index (χ1v) is 10.1. The number of aliphatic imine (C=N–C) groups is 2. The third kappa shape index (κ3) is 4.26. The minimum Gasteiger partial charge on any atom is -0.315 e. The van der Waals surface area contributed by atoms with Gasteiger partial charge in [0.25, 0.3) is 0 Å². The Morgan fingerprint density at radius 1 is 1.30 bits per heavy atom. The third-order valence-corrected chi connectivity index (χ3v) is 5.24. The molecule has 0 fully saturated rings. The Balaban J connectivity index is 1.68. The van der Waals surface area contributed by atoms with E-state index in [1.807, 2.05) is 62.2 Å². The van der Waals surface area contributed by atoms with Crippen LogP contribution < -0.4 is 4.90 Å². The van der Waals surface area contributed by atoms with Gasteiger partial charge in [0.15, 0.2) is 17.5 Å². The largest absolute Gasteiger partial charge is 0.315 e. The molecule has 0 spiro atoms. The highest BCUT2D eigenvalue weighted by Crippen LogP contribution is 2.29. The molecule has 1 aromatic carbocycles. The molecule has 3 rings (SSSR count). The fourth-order valence-corrected chi connectivity index (χ4v) is 3.63. The molecule has 2 heterocycles. The Bertz CT molecular complexity index is 987. The van der Waals surface area contributed by atoms with Crippen LogP contribution in [0.3, 0.4) is 0 Å². The van der Waals surface area contributed by atoms with E-state index in [1.165, 1.54) is 0 Å². The second kappa shape index (κ2) is 8.75. The van der Waals surface area contributed by atoms with Crippen molar-refractivity contribution < 1.29 is 9.59 Å². The van der Waals surface area contributed by atoms with Gasteiger partial charge in [0.2, 0.25) is 5.91 Å². The van der Waals surface area contributed by atoms with Crippen LogP contribution in [-0.4, -0.2) is 54.5 Å². The number of ketones is 1. The Kier molecular flexibility index (Phi) is 6.31. The normalized spacial score (nSPS) is 17.4. The summed E-state index contributed by atoms with van der Waals surface area (Å²) < 4.78 is 0. The highest BCUT2D eigenvalue weighted by atomic mass is 16.2. The number of carbonyl (C=O) groups excluding carboxylic acids is 2. The summed E-state index contributed by atoms with van der Waals surface area (Å²) in [6.45, 7) is 7.75. The zero-order valence-corrected chi connectivity index (χ0v) is 18.4. The van der Waals surface area contributed by atoms with E-state index in [-0.39, 0.29) is 17.5 Å². The molecule has 158 valence electrons. The molecule has 2 aliphatic heterocycles. The number of hydrogen-bond acceptors (Lipinski definition) is 6. The molecular weight excluding hydrogens is 378 g/mol. The number of carbonyl (C=O) groups is 2. The number of benzene rings is 1. The summed E-state index contributed by atoms with van der Waals surface area (Å²) in [5, 5.41) is 3.70. The van der Waals surface area contributed by atoms with Gasteiger partial charge in [-0.25, -0.2) is 20.0 Å². The second-order valence-electron chi connectivity index (χ2n) is 7.83. The molecule has 2 aliphatic rings. The standard InChI is InChI=1S/C23H29N5O2/c1-7-20-24-22(25-23(15(2)3)28(20)26(4)5)19(29)10-8-9-16-11-12-17-14-21(30)27(6)18(17)13-16/h7,11-13H,2,8-10,14H2,1,3-6H3/b20-7-. The molecule has 0 aromatic heterocycles. The molecule has 0 saturated carbocycles. The van der Waals surface area contributed by atoms with Gasteiger partial charge in [-0.3, -0.25) is 9.59 Å². The molecule has 1 amide bonds. The van der Waals surface area contributed by atoms with Gasteiger partial charge in [-0.05, 0) is 55.5 Å². The van der Waals surface area contributed by atoms with Crippen molar-refractivity contribution in [2.24, 2.45) is 9.98 Å². The number of nitrogens with zero attached hydrogens (tertiary/aromatic N) is 5. The van der Waals surface area contributed by atoms with E-state index in [9.17, 15) is 9.59 Å². The molecule has 7 heteroatoms. The lowest BCUT2D eigenvalue weighted by molar-refractivity contribution is -0.117. The van der Waals surface area contributed by atoms with E-state index in [0.717, 1.165) is 28.8 Å². The van der Waals surface area contributed by atoms with Crippen LogP contribution in [0.15, 0.2) is 52.2 Å². The molecule has 0 aliphatic carbocycles.